The summed E-state index contributed by atoms with van der Waals surface area (Å²) < 4.78 is 21.7. The van der Waals surface area contributed by atoms with Gasteiger partial charge in [-0.3, -0.25) is 4.79 Å². The number of carbonyl (C=O) groups excluding carboxylic acids is 1. The number of carbonyl (C=O) groups is 2. The number of likely N-dealkylation sites (tertiary alicyclic amines) is 1. The summed E-state index contributed by atoms with van der Waals surface area (Å²) in [4.78, 5) is 23.6. The summed E-state index contributed by atoms with van der Waals surface area (Å²) in [5.41, 5.74) is 0. The van der Waals surface area contributed by atoms with Crippen molar-refractivity contribution in [3.8, 4) is 0 Å². The van der Waals surface area contributed by atoms with Gasteiger partial charge in [-0.15, -0.1) is 0 Å². The molecule has 0 aromatic heterocycles. The van der Waals surface area contributed by atoms with Crippen molar-refractivity contribution in [3.05, 3.63) is 0 Å². The van der Waals surface area contributed by atoms with E-state index in [2.05, 4.69) is 5.32 Å². The molecule has 0 aromatic carbocycles. The Morgan fingerprint density at radius 2 is 2.12 bits per heavy atom. The van der Waals surface area contributed by atoms with E-state index >= 15 is 0 Å². The molecule has 1 atom stereocenters. The lowest BCUT2D eigenvalue weighted by molar-refractivity contribution is -0.141. The summed E-state index contributed by atoms with van der Waals surface area (Å²) in [6.07, 6.45) is 1.53. The molecule has 2 N–H and O–H groups in total. The second kappa shape index (κ2) is 5.35. The van der Waals surface area contributed by atoms with E-state index < -0.39 is 27.8 Å². The van der Waals surface area contributed by atoms with Crippen LogP contribution in [0.15, 0.2) is 0 Å². The fraction of sp³-hybridized carbons (Fsp3) is 0.778. The first-order valence-corrected chi connectivity index (χ1v) is 7.29. The maximum atomic E-state index is 11.5. The van der Waals surface area contributed by atoms with E-state index in [1.807, 2.05) is 0 Å². The molecule has 0 spiro atoms. The van der Waals surface area contributed by atoms with Gasteiger partial charge in [-0.25, -0.2) is 13.2 Å². The molecule has 0 aromatic rings. The number of rotatable bonds is 4. The first kappa shape index (κ1) is 13.8. The number of hydrogen-bond donors (Lipinski definition) is 2. The molecule has 0 aliphatic carbocycles. The number of hydrogen-bond acceptors (Lipinski definition) is 4. The lowest BCUT2D eigenvalue weighted by atomic mass is 10.1. The van der Waals surface area contributed by atoms with Crippen LogP contribution in [-0.2, 0) is 14.6 Å². The Balaban J connectivity index is 2.33. The van der Waals surface area contributed by atoms with E-state index in [1.54, 1.807) is 0 Å². The number of nitrogens with zero attached hydrogens (tertiary/aromatic N) is 1. The minimum absolute atomic E-state index is 0.0475. The monoisotopic (exact) mass is 264 g/mol. The topological polar surface area (TPSA) is 104 Å². The van der Waals surface area contributed by atoms with Crippen LogP contribution in [0.4, 0.5) is 4.79 Å². The van der Waals surface area contributed by atoms with E-state index in [0.29, 0.717) is 13.0 Å². The number of amides is 2. The van der Waals surface area contributed by atoms with Crippen LogP contribution in [0.1, 0.15) is 6.42 Å². The molecule has 17 heavy (non-hydrogen) atoms. The van der Waals surface area contributed by atoms with Gasteiger partial charge in [0.2, 0.25) is 0 Å². The Morgan fingerprint density at radius 3 is 2.59 bits per heavy atom. The van der Waals surface area contributed by atoms with Gasteiger partial charge < -0.3 is 15.3 Å². The molecular formula is C9H16N2O5S. The standard InChI is InChI=1S/C9H16N2O5S/c1-17(15,16)5-3-10-9(14)11-4-2-7(6-11)8(12)13/h7H,2-6H2,1H3,(H,10,14)(H,12,13). The fourth-order valence-electron chi connectivity index (χ4n) is 1.60. The third-order valence-electron chi connectivity index (χ3n) is 2.57. The van der Waals surface area contributed by atoms with Crippen molar-refractivity contribution in [2.24, 2.45) is 5.92 Å². The van der Waals surface area contributed by atoms with Gasteiger partial charge in [-0.2, -0.15) is 0 Å². The molecule has 2 amide bonds. The van der Waals surface area contributed by atoms with Crippen LogP contribution in [0.3, 0.4) is 0 Å². The summed E-state index contributed by atoms with van der Waals surface area (Å²) in [6.45, 7) is 0.619. The summed E-state index contributed by atoms with van der Waals surface area (Å²) in [7, 11) is -3.09. The smallest absolute Gasteiger partial charge is 0.317 e. The molecule has 1 heterocycles. The quantitative estimate of drug-likeness (QED) is 0.688. The number of urea groups is 1. The van der Waals surface area contributed by atoms with Crippen molar-refractivity contribution in [1.29, 1.82) is 0 Å². The number of carboxylic acid groups (broad SMARTS) is 1. The van der Waals surface area contributed by atoms with Gasteiger partial charge in [0.1, 0.15) is 9.84 Å². The molecule has 0 saturated carbocycles. The highest BCUT2D eigenvalue weighted by Gasteiger charge is 2.30. The molecule has 1 rings (SSSR count). The molecule has 98 valence electrons. The van der Waals surface area contributed by atoms with Gasteiger partial charge >= 0.3 is 12.0 Å². The SMILES string of the molecule is CS(=O)(=O)CCNC(=O)N1CCC(C(=O)O)C1. The van der Waals surface area contributed by atoms with Crippen molar-refractivity contribution in [2.45, 2.75) is 6.42 Å². The van der Waals surface area contributed by atoms with Crippen LogP contribution in [0.25, 0.3) is 0 Å². The maximum Gasteiger partial charge on any atom is 0.317 e. The largest absolute Gasteiger partial charge is 0.481 e. The van der Waals surface area contributed by atoms with Crippen molar-refractivity contribution in [3.63, 3.8) is 0 Å². The van der Waals surface area contributed by atoms with Crippen molar-refractivity contribution >= 4 is 21.8 Å². The van der Waals surface area contributed by atoms with Gasteiger partial charge in [0.05, 0.1) is 11.7 Å². The summed E-state index contributed by atoms with van der Waals surface area (Å²) in [5, 5.41) is 11.2. The van der Waals surface area contributed by atoms with Crippen LogP contribution < -0.4 is 5.32 Å². The minimum Gasteiger partial charge on any atom is -0.481 e. The third kappa shape index (κ3) is 4.59. The highest BCUT2D eigenvalue weighted by Crippen LogP contribution is 2.15. The van der Waals surface area contributed by atoms with E-state index in [4.69, 9.17) is 5.11 Å². The zero-order valence-corrected chi connectivity index (χ0v) is 10.4. The van der Waals surface area contributed by atoms with Crippen molar-refractivity contribution in [1.82, 2.24) is 10.2 Å². The summed E-state index contributed by atoms with van der Waals surface area (Å²) in [6, 6.07) is -0.405. The normalized spacial score (nSPS) is 20.3. The van der Waals surface area contributed by atoms with Crippen LogP contribution in [0.2, 0.25) is 0 Å². The lowest BCUT2D eigenvalue weighted by Gasteiger charge is -2.16. The van der Waals surface area contributed by atoms with Gasteiger partial charge in [0, 0.05) is 25.9 Å². The summed E-state index contributed by atoms with van der Waals surface area (Å²) in [5.74, 6) is -1.54. The Hall–Kier alpha value is -1.31. The molecule has 0 bridgehead atoms. The van der Waals surface area contributed by atoms with Crippen molar-refractivity contribution < 1.29 is 23.1 Å². The third-order valence-corrected chi connectivity index (χ3v) is 3.52. The average Bonchev–Trinajstić information content (AvgIpc) is 2.63. The molecule has 0 radical (unpaired) electrons. The van der Waals surface area contributed by atoms with Gasteiger partial charge in [-0.05, 0) is 6.42 Å². The van der Waals surface area contributed by atoms with E-state index in [-0.39, 0.29) is 18.8 Å². The van der Waals surface area contributed by atoms with Crippen LogP contribution in [0.5, 0.6) is 0 Å². The van der Waals surface area contributed by atoms with Crippen LogP contribution in [0, 0.1) is 5.92 Å². The maximum absolute atomic E-state index is 11.5. The fourth-order valence-corrected chi connectivity index (χ4v) is 2.07. The highest BCUT2D eigenvalue weighted by molar-refractivity contribution is 7.90. The first-order valence-electron chi connectivity index (χ1n) is 5.23. The van der Waals surface area contributed by atoms with Crippen LogP contribution in [-0.4, -0.2) is 62.1 Å². The van der Waals surface area contributed by atoms with Gasteiger partial charge in [-0.1, -0.05) is 0 Å². The molecule has 1 aliphatic heterocycles. The summed E-state index contributed by atoms with van der Waals surface area (Å²) >= 11 is 0. The predicted octanol–water partition coefficient (Wildman–Crippen LogP) is -0.853. The molecule has 1 unspecified atom stereocenters. The van der Waals surface area contributed by atoms with Gasteiger partial charge in [0.15, 0.2) is 0 Å². The Bertz CT molecular complexity index is 406. The average molecular weight is 264 g/mol. The predicted molar refractivity (Wildman–Crippen MR) is 60.4 cm³/mol. The second-order valence-electron chi connectivity index (χ2n) is 4.13. The Kier molecular flexibility index (Phi) is 4.33. The van der Waals surface area contributed by atoms with Crippen LogP contribution >= 0.6 is 0 Å². The number of sulfone groups is 1. The lowest BCUT2D eigenvalue weighted by Crippen LogP contribution is -2.40. The zero-order valence-electron chi connectivity index (χ0n) is 9.55. The molecule has 1 fully saturated rings. The number of nitrogens with one attached hydrogen (secondary N) is 1. The Morgan fingerprint density at radius 1 is 1.47 bits per heavy atom. The highest BCUT2D eigenvalue weighted by atomic mass is 32.2. The molecular weight excluding hydrogens is 248 g/mol. The first-order chi connectivity index (χ1) is 7.79. The Labute approximate surface area is 99.7 Å². The molecule has 8 heteroatoms. The van der Waals surface area contributed by atoms with E-state index in [1.165, 1.54) is 4.90 Å². The second-order valence-corrected chi connectivity index (χ2v) is 6.39. The van der Waals surface area contributed by atoms with Crippen molar-refractivity contribution in [2.75, 3.05) is 31.6 Å². The molecule has 7 nitrogen and oxygen atoms in total. The van der Waals surface area contributed by atoms with E-state index in [0.717, 1.165) is 6.26 Å². The van der Waals surface area contributed by atoms with E-state index in [9.17, 15) is 18.0 Å². The molecule has 1 aliphatic rings. The number of carboxylic acids is 1. The zero-order chi connectivity index (χ0) is 13.1. The number of aliphatic carboxylic acids is 1. The van der Waals surface area contributed by atoms with Gasteiger partial charge in [0.25, 0.3) is 0 Å². The minimum atomic E-state index is -3.09. The molecule has 1 saturated heterocycles.